The second kappa shape index (κ2) is 6.03. The van der Waals surface area contributed by atoms with Gasteiger partial charge in [-0.25, -0.2) is 0 Å². The van der Waals surface area contributed by atoms with Gasteiger partial charge in [0, 0.05) is 0 Å². The van der Waals surface area contributed by atoms with E-state index in [1.807, 2.05) is 0 Å². The minimum atomic E-state index is -2.35. The predicted molar refractivity (Wildman–Crippen MR) is 61.5 cm³/mol. The molecule has 4 atom stereocenters. The van der Waals surface area contributed by atoms with Crippen LogP contribution in [0.4, 0.5) is 0 Å². The second-order valence-electron chi connectivity index (χ2n) is 3.99. The molecule has 0 aromatic heterocycles. The molecule has 0 aliphatic carbocycles. The number of hydrogen-bond acceptors (Lipinski definition) is 6. The number of carbonyl (C=O) groups is 1. The molecule has 0 heterocycles. The van der Waals surface area contributed by atoms with Crippen molar-refractivity contribution < 1.29 is 30.3 Å². The predicted octanol–water partition coefficient (Wildman–Crippen LogP) is -1.85. The fraction of sp³-hybridized carbons (Fsp3) is 0.417. The molecule has 0 saturated carbocycles. The molecule has 1 aromatic carbocycles. The van der Waals surface area contributed by atoms with Crippen LogP contribution in [0.1, 0.15) is 5.56 Å². The van der Waals surface area contributed by atoms with Crippen LogP contribution in [0.5, 0.6) is 0 Å². The van der Waals surface area contributed by atoms with Crippen LogP contribution in [0.2, 0.25) is 0 Å². The van der Waals surface area contributed by atoms with Crippen LogP contribution in [0.3, 0.4) is 0 Å². The number of benzene rings is 1. The molecule has 0 saturated heterocycles. The average Bonchev–Trinajstić information content (AvgIpc) is 2.44. The summed E-state index contributed by atoms with van der Waals surface area (Å²) >= 11 is 0. The number of hydrogen-bond donors (Lipinski definition) is 5. The van der Waals surface area contributed by atoms with Crippen molar-refractivity contribution >= 4 is 6.29 Å². The molecule has 6 nitrogen and oxygen atoms in total. The summed E-state index contributed by atoms with van der Waals surface area (Å²) < 4.78 is 0. The SMILES string of the molecule is O=C[C@@](O)(c1ccccc1)[C@@H](O)[C@H](O)[C@H](O)CO. The second-order valence-corrected chi connectivity index (χ2v) is 3.99. The van der Waals surface area contributed by atoms with E-state index in [-0.39, 0.29) is 11.8 Å². The molecule has 0 radical (unpaired) electrons. The van der Waals surface area contributed by atoms with Gasteiger partial charge in [0.15, 0.2) is 11.9 Å². The van der Waals surface area contributed by atoms with Crippen LogP contribution in [0.15, 0.2) is 30.3 Å². The van der Waals surface area contributed by atoms with Gasteiger partial charge in [0.2, 0.25) is 0 Å². The molecule has 0 amide bonds. The lowest BCUT2D eigenvalue weighted by Crippen LogP contribution is -2.52. The van der Waals surface area contributed by atoms with Crippen LogP contribution in [-0.4, -0.2) is 56.7 Å². The number of aliphatic hydroxyl groups is 5. The Kier molecular flexibility index (Phi) is 4.94. The zero-order valence-corrected chi connectivity index (χ0v) is 9.55. The highest BCUT2D eigenvalue weighted by molar-refractivity contribution is 5.67. The first-order chi connectivity index (χ1) is 8.47. The van der Waals surface area contributed by atoms with Crippen molar-refractivity contribution in [3.63, 3.8) is 0 Å². The van der Waals surface area contributed by atoms with Gasteiger partial charge >= 0.3 is 0 Å². The van der Waals surface area contributed by atoms with Gasteiger partial charge in [0.1, 0.15) is 18.3 Å². The van der Waals surface area contributed by atoms with Crippen molar-refractivity contribution in [2.24, 2.45) is 0 Å². The molecule has 0 spiro atoms. The van der Waals surface area contributed by atoms with Gasteiger partial charge in [-0.05, 0) is 5.56 Å². The number of aliphatic hydroxyl groups excluding tert-OH is 4. The number of aldehydes is 1. The largest absolute Gasteiger partial charge is 0.394 e. The molecule has 0 aliphatic rings. The highest BCUT2D eigenvalue weighted by Crippen LogP contribution is 2.25. The van der Waals surface area contributed by atoms with Crippen molar-refractivity contribution in [3.8, 4) is 0 Å². The molecule has 0 aliphatic heterocycles. The molecular weight excluding hydrogens is 240 g/mol. The summed E-state index contributed by atoms with van der Waals surface area (Å²) in [6.07, 6.45) is -5.39. The van der Waals surface area contributed by atoms with Crippen LogP contribution in [0.25, 0.3) is 0 Å². The molecule has 100 valence electrons. The Hall–Kier alpha value is -1.31. The lowest BCUT2D eigenvalue weighted by atomic mass is 9.85. The van der Waals surface area contributed by atoms with E-state index in [1.165, 1.54) is 12.1 Å². The van der Waals surface area contributed by atoms with E-state index in [0.717, 1.165) is 0 Å². The Balaban J connectivity index is 3.05. The molecule has 18 heavy (non-hydrogen) atoms. The molecule has 5 N–H and O–H groups in total. The van der Waals surface area contributed by atoms with Crippen molar-refractivity contribution in [1.29, 1.82) is 0 Å². The average molecular weight is 256 g/mol. The zero-order valence-electron chi connectivity index (χ0n) is 9.55. The van der Waals surface area contributed by atoms with Gasteiger partial charge in [-0.2, -0.15) is 0 Å². The maximum Gasteiger partial charge on any atom is 0.173 e. The quantitative estimate of drug-likeness (QED) is 0.381. The number of rotatable bonds is 6. The number of carbonyl (C=O) groups excluding carboxylic acids is 1. The van der Waals surface area contributed by atoms with Gasteiger partial charge in [-0.1, -0.05) is 30.3 Å². The van der Waals surface area contributed by atoms with E-state index >= 15 is 0 Å². The van der Waals surface area contributed by atoms with Crippen LogP contribution in [-0.2, 0) is 10.4 Å². The van der Waals surface area contributed by atoms with Crippen molar-refractivity contribution in [2.75, 3.05) is 6.61 Å². The minimum absolute atomic E-state index is 0.0803. The summed E-state index contributed by atoms with van der Waals surface area (Å²) in [6, 6.07) is 7.54. The fourth-order valence-corrected chi connectivity index (χ4v) is 1.59. The Morgan fingerprint density at radius 1 is 1.17 bits per heavy atom. The van der Waals surface area contributed by atoms with Crippen LogP contribution >= 0.6 is 0 Å². The summed E-state index contributed by atoms with van der Waals surface area (Å²) in [4.78, 5) is 11.0. The van der Waals surface area contributed by atoms with E-state index in [4.69, 9.17) is 5.11 Å². The minimum Gasteiger partial charge on any atom is -0.394 e. The first-order valence-corrected chi connectivity index (χ1v) is 5.36. The molecule has 1 aromatic rings. The Bertz CT molecular complexity index is 381. The molecule has 1 rings (SSSR count). The first kappa shape index (κ1) is 14.7. The topological polar surface area (TPSA) is 118 Å². The van der Waals surface area contributed by atoms with Crippen molar-refractivity contribution in [2.45, 2.75) is 23.9 Å². The van der Waals surface area contributed by atoms with E-state index in [9.17, 15) is 25.2 Å². The lowest BCUT2D eigenvalue weighted by molar-refractivity contribution is -0.167. The maximum atomic E-state index is 11.0. The van der Waals surface area contributed by atoms with Gasteiger partial charge in [-0.3, -0.25) is 4.79 Å². The third kappa shape index (κ3) is 2.74. The van der Waals surface area contributed by atoms with E-state index in [2.05, 4.69) is 0 Å². The summed E-state index contributed by atoms with van der Waals surface area (Å²) in [5.41, 5.74) is -2.27. The zero-order chi connectivity index (χ0) is 13.8. The third-order valence-corrected chi connectivity index (χ3v) is 2.77. The van der Waals surface area contributed by atoms with E-state index in [1.54, 1.807) is 18.2 Å². The first-order valence-electron chi connectivity index (χ1n) is 5.36. The summed E-state index contributed by atoms with van der Waals surface area (Å²) in [5, 5.41) is 47.3. The third-order valence-electron chi connectivity index (χ3n) is 2.77. The summed E-state index contributed by atoms with van der Waals surface area (Å²) in [6.45, 7) is -0.804. The summed E-state index contributed by atoms with van der Waals surface area (Å²) in [5.74, 6) is 0. The van der Waals surface area contributed by atoms with Crippen molar-refractivity contribution in [1.82, 2.24) is 0 Å². The highest BCUT2D eigenvalue weighted by Gasteiger charge is 2.43. The normalized spacial score (nSPS) is 19.6. The van der Waals surface area contributed by atoms with Crippen LogP contribution in [0, 0.1) is 0 Å². The highest BCUT2D eigenvalue weighted by atomic mass is 16.4. The smallest absolute Gasteiger partial charge is 0.173 e. The standard InChI is InChI=1S/C12H16O6/c13-6-9(15)10(16)11(17)12(18,7-14)8-4-2-1-3-5-8/h1-5,7,9-11,13,15-18H,6H2/t9-,10-,11+,12-/m1/s1. The van der Waals surface area contributed by atoms with E-state index < -0.39 is 30.5 Å². The maximum absolute atomic E-state index is 11.0. The van der Waals surface area contributed by atoms with Gasteiger partial charge in [0.05, 0.1) is 6.61 Å². The Labute approximate surface area is 104 Å². The fourth-order valence-electron chi connectivity index (χ4n) is 1.59. The van der Waals surface area contributed by atoms with Gasteiger partial charge in [0.25, 0.3) is 0 Å². The van der Waals surface area contributed by atoms with Gasteiger partial charge in [-0.15, -0.1) is 0 Å². The van der Waals surface area contributed by atoms with Gasteiger partial charge < -0.3 is 25.5 Å². The molecule has 6 heteroatoms. The Morgan fingerprint density at radius 2 is 1.72 bits per heavy atom. The molecule has 0 unspecified atom stereocenters. The monoisotopic (exact) mass is 256 g/mol. The lowest BCUT2D eigenvalue weighted by Gasteiger charge is -2.32. The molecule has 0 fully saturated rings. The van der Waals surface area contributed by atoms with Crippen LogP contribution < -0.4 is 0 Å². The van der Waals surface area contributed by atoms with E-state index in [0.29, 0.717) is 0 Å². The Morgan fingerprint density at radius 3 is 2.17 bits per heavy atom. The molecular formula is C12H16O6. The summed E-state index contributed by atoms with van der Waals surface area (Å²) in [7, 11) is 0. The molecule has 0 bridgehead atoms. The van der Waals surface area contributed by atoms with Crippen molar-refractivity contribution in [3.05, 3.63) is 35.9 Å².